The van der Waals surface area contributed by atoms with Crippen molar-refractivity contribution in [2.24, 2.45) is 0 Å². The fraction of sp³-hybridized carbons (Fsp3) is 0.182. The quantitative estimate of drug-likeness (QED) is 0.916. The number of nitrogens with zero attached hydrogens (tertiary/aromatic N) is 2. The molecule has 102 valence electrons. The predicted octanol–water partition coefficient (Wildman–Crippen LogP) is 1.05. The van der Waals surface area contributed by atoms with Gasteiger partial charge in [-0.2, -0.15) is 5.10 Å². The number of aliphatic hydroxyl groups excluding tert-OH is 1. The number of aliphatic hydroxyl groups is 1. The molecule has 1 N–H and O–H groups in total. The van der Waals surface area contributed by atoms with Gasteiger partial charge in [-0.25, -0.2) is 21.9 Å². The van der Waals surface area contributed by atoms with Crippen LogP contribution in [-0.2, 0) is 16.4 Å². The van der Waals surface area contributed by atoms with Crippen molar-refractivity contribution in [1.29, 1.82) is 0 Å². The molecular weight excluding hydrogens is 278 g/mol. The third kappa shape index (κ3) is 2.64. The van der Waals surface area contributed by atoms with Gasteiger partial charge in [0.1, 0.15) is 10.6 Å². The van der Waals surface area contributed by atoms with Crippen molar-refractivity contribution >= 4 is 9.84 Å². The second-order valence-corrected chi connectivity index (χ2v) is 5.97. The van der Waals surface area contributed by atoms with E-state index in [1.165, 1.54) is 0 Å². The summed E-state index contributed by atoms with van der Waals surface area (Å²) >= 11 is 0. The Kier molecular flexibility index (Phi) is 3.38. The van der Waals surface area contributed by atoms with Gasteiger partial charge in [0.15, 0.2) is 21.5 Å². The lowest BCUT2D eigenvalue weighted by Crippen LogP contribution is -2.04. The Hall–Kier alpha value is -1.80. The first-order valence-corrected chi connectivity index (χ1v) is 7.06. The zero-order chi connectivity index (χ0) is 14.2. The SMILES string of the molecule is CS(=O)(=O)c1cnn(-c2c(F)cc(CO)cc2F)c1. The molecule has 0 saturated heterocycles. The van der Waals surface area contributed by atoms with Crippen molar-refractivity contribution in [3.8, 4) is 5.69 Å². The largest absolute Gasteiger partial charge is 0.392 e. The van der Waals surface area contributed by atoms with Crippen LogP contribution < -0.4 is 0 Å². The number of halogens is 2. The molecule has 0 unspecified atom stereocenters. The Labute approximate surface area is 108 Å². The maximum atomic E-state index is 13.7. The average molecular weight is 288 g/mol. The van der Waals surface area contributed by atoms with Gasteiger partial charge in [-0.1, -0.05) is 0 Å². The maximum absolute atomic E-state index is 13.7. The lowest BCUT2D eigenvalue weighted by atomic mass is 10.2. The molecule has 8 heteroatoms. The Morgan fingerprint density at radius 2 is 1.89 bits per heavy atom. The molecule has 1 aromatic carbocycles. The molecule has 0 bridgehead atoms. The number of benzene rings is 1. The smallest absolute Gasteiger partial charge is 0.178 e. The number of sulfone groups is 1. The number of hydrogen-bond acceptors (Lipinski definition) is 4. The van der Waals surface area contributed by atoms with Crippen LogP contribution in [0.15, 0.2) is 29.4 Å². The molecule has 0 spiro atoms. The third-order valence-corrected chi connectivity index (χ3v) is 3.54. The molecule has 1 heterocycles. The van der Waals surface area contributed by atoms with E-state index in [-0.39, 0.29) is 10.5 Å². The minimum absolute atomic E-state index is 0.0780. The summed E-state index contributed by atoms with van der Waals surface area (Å²) in [5.41, 5.74) is -0.415. The summed E-state index contributed by atoms with van der Waals surface area (Å²) in [5.74, 6) is -1.88. The summed E-state index contributed by atoms with van der Waals surface area (Å²) in [5, 5.41) is 12.4. The molecule has 0 fully saturated rings. The van der Waals surface area contributed by atoms with Crippen molar-refractivity contribution in [2.75, 3.05) is 6.26 Å². The Morgan fingerprint density at radius 3 is 2.32 bits per heavy atom. The highest BCUT2D eigenvalue weighted by Crippen LogP contribution is 2.20. The molecule has 1 aromatic heterocycles. The summed E-state index contributed by atoms with van der Waals surface area (Å²) in [4.78, 5) is -0.141. The van der Waals surface area contributed by atoms with Crippen molar-refractivity contribution in [2.45, 2.75) is 11.5 Å². The summed E-state index contributed by atoms with van der Waals surface area (Å²) < 4.78 is 50.8. The second-order valence-electron chi connectivity index (χ2n) is 3.96. The molecule has 0 aliphatic carbocycles. The van der Waals surface area contributed by atoms with Crippen LogP contribution in [0.4, 0.5) is 8.78 Å². The first kappa shape index (κ1) is 13.6. The van der Waals surface area contributed by atoms with E-state index in [0.717, 1.165) is 35.5 Å². The minimum atomic E-state index is -3.50. The van der Waals surface area contributed by atoms with Crippen LogP contribution in [0.5, 0.6) is 0 Å². The topological polar surface area (TPSA) is 72.2 Å². The maximum Gasteiger partial charge on any atom is 0.178 e. The standard InChI is InChI=1S/C11H10F2N2O3S/c1-19(17,18)8-4-14-15(5-8)11-9(12)2-7(6-16)3-10(11)13/h2-5,16H,6H2,1H3. The summed E-state index contributed by atoms with van der Waals surface area (Å²) in [7, 11) is -3.50. The molecule has 0 aliphatic rings. The van der Waals surface area contributed by atoms with Crippen LogP contribution in [0, 0.1) is 11.6 Å². The average Bonchev–Trinajstić information content (AvgIpc) is 2.76. The van der Waals surface area contributed by atoms with Gasteiger partial charge in [-0.3, -0.25) is 0 Å². The van der Waals surface area contributed by atoms with Crippen molar-refractivity contribution in [1.82, 2.24) is 9.78 Å². The van der Waals surface area contributed by atoms with E-state index in [1.807, 2.05) is 0 Å². The molecule has 2 rings (SSSR count). The van der Waals surface area contributed by atoms with Crippen molar-refractivity contribution in [3.63, 3.8) is 0 Å². The summed E-state index contributed by atoms with van der Waals surface area (Å²) in [6.45, 7) is -0.498. The molecule has 0 amide bonds. The minimum Gasteiger partial charge on any atom is -0.392 e. The molecular formula is C11H10F2N2O3S. The van der Waals surface area contributed by atoms with Crippen LogP contribution in [0.2, 0.25) is 0 Å². The van der Waals surface area contributed by atoms with Crippen molar-refractivity contribution < 1.29 is 22.3 Å². The normalized spacial score (nSPS) is 11.8. The summed E-state index contributed by atoms with van der Waals surface area (Å²) in [6, 6.07) is 1.92. The van der Waals surface area contributed by atoms with Crippen molar-refractivity contribution in [3.05, 3.63) is 41.7 Å². The Morgan fingerprint density at radius 1 is 1.32 bits per heavy atom. The van der Waals surface area contributed by atoms with Gasteiger partial charge < -0.3 is 5.11 Å². The zero-order valence-electron chi connectivity index (χ0n) is 9.84. The molecule has 0 atom stereocenters. The van der Waals surface area contributed by atoms with Crippen LogP contribution in [0.1, 0.15) is 5.56 Å². The Bertz CT molecular complexity index is 702. The fourth-order valence-corrected chi connectivity index (χ4v) is 2.08. The molecule has 19 heavy (non-hydrogen) atoms. The molecule has 0 saturated carbocycles. The van der Waals surface area contributed by atoms with Gasteiger partial charge in [0.2, 0.25) is 0 Å². The Balaban J connectivity index is 2.57. The van der Waals surface area contributed by atoms with Crippen LogP contribution in [0.3, 0.4) is 0 Å². The summed E-state index contributed by atoms with van der Waals surface area (Å²) in [6.07, 6.45) is 3.00. The van der Waals surface area contributed by atoms with E-state index in [0.29, 0.717) is 0 Å². The zero-order valence-corrected chi connectivity index (χ0v) is 10.7. The molecule has 0 radical (unpaired) electrons. The molecule has 0 aliphatic heterocycles. The van der Waals surface area contributed by atoms with Gasteiger partial charge in [0.25, 0.3) is 0 Å². The molecule has 5 nitrogen and oxygen atoms in total. The third-order valence-electron chi connectivity index (χ3n) is 2.48. The number of hydrogen-bond donors (Lipinski definition) is 1. The van der Waals surface area contributed by atoms with E-state index < -0.39 is 33.8 Å². The van der Waals surface area contributed by atoms with Crippen LogP contribution in [-0.4, -0.2) is 29.6 Å². The second kappa shape index (κ2) is 4.71. The number of rotatable bonds is 3. The van der Waals surface area contributed by atoms with Gasteiger partial charge in [-0.05, 0) is 17.7 Å². The van der Waals surface area contributed by atoms with E-state index in [9.17, 15) is 17.2 Å². The highest BCUT2D eigenvalue weighted by Gasteiger charge is 2.17. The highest BCUT2D eigenvalue weighted by molar-refractivity contribution is 7.90. The lowest BCUT2D eigenvalue weighted by Gasteiger charge is -2.06. The van der Waals surface area contributed by atoms with E-state index >= 15 is 0 Å². The monoisotopic (exact) mass is 288 g/mol. The van der Waals surface area contributed by atoms with Gasteiger partial charge in [0.05, 0.1) is 12.8 Å². The van der Waals surface area contributed by atoms with Crippen LogP contribution in [0.25, 0.3) is 5.69 Å². The number of aromatic nitrogens is 2. The predicted molar refractivity (Wildman–Crippen MR) is 62.5 cm³/mol. The van der Waals surface area contributed by atoms with Gasteiger partial charge in [-0.15, -0.1) is 0 Å². The van der Waals surface area contributed by atoms with E-state index in [4.69, 9.17) is 5.11 Å². The van der Waals surface area contributed by atoms with E-state index in [1.54, 1.807) is 0 Å². The van der Waals surface area contributed by atoms with Gasteiger partial charge in [0, 0.05) is 12.5 Å². The van der Waals surface area contributed by atoms with Crippen LogP contribution >= 0.6 is 0 Å². The molecule has 2 aromatic rings. The van der Waals surface area contributed by atoms with Gasteiger partial charge >= 0.3 is 0 Å². The fourth-order valence-electron chi connectivity index (χ4n) is 1.55. The van der Waals surface area contributed by atoms with E-state index in [2.05, 4.69) is 5.10 Å². The first-order valence-electron chi connectivity index (χ1n) is 5.17. The lowest BCUT2D eigenvalue weighted by molar-refractivity contribution is 0.280. The highest BCUT2D eigenvalue weighted by atomic mass is 32.2. The first-order chi connectivity index (χ1) is 8.82.